The third kappa shape index (κ3) is 2.92. The number of ether oxygens (including phenoxy) is 1. The van der Waals surface area contributed by atoms with Crippen LogP contribution in [-0.2, 0) is 4.74 Å². The Labute approximate surface area is 92.4 Å². The smallest absolute Gasteiger partial charge is 0.0527 e. The molecule has 0 aromatic heterocycles. The first kappa shape index (κ1) is 11.4. The number of aliphatic hydroxyl groups excluding tert-OH is 1. The van der Waals surface area contributed by atoms with Gasteiger partial charge in [0, 0.05) is 25.3 Å². The van der Waals surface area contributed by atoms with Gasteiger partial charge in [0.1, 0.15) is 0 Å². The molecule has 1 N–H and O–H groups in total. The van der Waals surface area contributed by atoms with Crippen LogP contribution >= 0.6 is 0 Å². The van der Waals surface area contributed by atoms with Gasteiger partial charge in [0.25, 0.3) is 0 Å². The van der Waals surface area contributed by atoms with Gasteiger partial charge in [-0.3, -0.25) is 4.90 Å². The number of rotatable bonds is 3. The van der Waals surface area contributed by atoms with Gasteiger partial charge in [0.15, 0.2) is 0 Å². The summed E-state index contributed by atoms with van der Waals surface area (Å²) in [5, 5.41) is 9.48. The average molecular weight is 213 g/mol. The Morgan fingerprint density at radius 3 is 2.73 bits per heavy atom. The molecule has 2 atom stereocenters. The van der Waals surface area contributed by atoms with Crippen molar-refractivity contribution >= 4 is 0 Å². The summed E-state index contributed by atoms with van der Waals surface area (Å²) < 4.78 is 5.40. The van der Waals surface area contributed by atoms with E-state index < -0.39 is 0 Å². The monoisotopic (exact) mass is 213 g/mol. The Hall–Kier alpha value is -0.120. The fraction of sp³-hybridized carbons (Fsp3) is 1.00. The van der Waals surface area contributed by atoms with Gasteiger partial charge in [-0.05, 0) is 45.6 Å². The van der Waals surface area contributed by atoms with Crippen molar-refractivity contribution in [1.82, 2.24) is 4.90 Å². The maximum absolute atomic E-state index is 9.48. The molecule has 0 aromatic rings. The molecule has 2 saturated heterocycles. The average Bonchev–Trinajstić information content (AvgIpc) is 2.66. The van der Waals surface area contributed by atoms with Gasteiger partial charge in [-0.1, -0.05) is 0 Å². The van der Waals surface area contributed by atoms with E-state index >= 15 is 0 Å². The van der Waals surface area contributed by atoms with Gasteiger partial charge in [-0.25, -0.2) is 0 Å². The van der Waals surface area contributed by atoms with Crippen LogP contribution in [0.4, 0.5) is 0 Å². The first-order valence-corrected chi connectivity index (χ1v) is 6.29. The summed E-state index contributed by atoms with van der Waals surface area (Å²) in [6, 6.07) is 1.33. The number of aliphatic hydroxyl groups is 1. The maximum atomic E-state index is 9.48. The molecule has 0 spiro atoms. The van der Waals surface area contributed by atoms with E-state index in [1.165, 1.54) is 32.2 Å². The number of nitrogens with zero attached hydrogens (tertiary/aromatic N) is 1. The van der Waals surface area contributed by atoms with E-state index in [0.29, 0.717) is 12.1 Å². The lowest BCUT2D eigenvalue weighted by molar-refractivity contribution is 0.0212. The largest absolute Gasteiger partial charge is 0.393 e. The molecule has 3 nitrogen and oxygen atoms in total. The molecule has 0 bridgehead atoms. The van der Waals surface area contributed by atoms with Gasteiger partial charge in [0.2, 0.25) is 0 Å². The lowest BCUT2D eigenvalue weighted by atomic mass is 10.0. The molecule has 0 saturated carbocycles. The van der Waals surface area contributed by atoms with Gasteiger partial charge >= 0.3 is 0 Å². The van der Waals surface area contributed by atoms with E-state index in [9.17, 15) is 5.11 Å². The summed E-state index contributed by atoms with van der Waals surface area (Å²) in [6.07, 6.45) is 5.71. The Kier molecular flexibility index (Phi) is 4.00. The van der Waals surface area contributed by atoms with Crippen LogP contribution in [0.15, 0.2) is 0 Å². The van der Waals surface area contributed by atoms with Crippen molar-refractivity contribution < 1.29 is 9.84 Å². The Bertz CT molecular complexity index is 190. The van der Waals surface area contributed by atoms with Crippen LogP contribution in [0.2, 0.25) is 0 Å². The predicted octanol–water partition coefficient (Wildman–Crippen LogP) is 1.40. The van der Waals surface area contributed by atoms with E-state index in [2.05, 4.69) is 4.90 Å². The fourth-order valence-electron chi connectivity index (χ4n) is 3.00. The van der Waals surface area contributed by atoms with Crippen LogP contribution in [0.5, 0.6) is 0 Å². The number of hydrogen-bond donors (Lipinski definition) is 1. The summed E-state index contributed by atoms with van der Waals surface area (Å²) in [5.74, 6) is 0. The van der Waals surface area contributed by atoms with Crippen molar-refractivity contribution in [3.05, 3.63) is 0 Å². The zero-order valence-corrected chi connectivity index (χ0v) is 9.69. The molecule has 2 heterocycles. The summed E-state index contributed by atoms with van der Waals surface area (Å²) in [7, 11) is 0. The summed E-state index contributed by atoms with van der Waals surface area (Å²) >= 11 is 0. The number of hydrogen-bond acceptors (Lipinski definition) is 3. The second-order valence-electron chi connectivity index (χ2n) is 4.96. The fourth-order valence-corrected chi connectivity index (χ4v) is 3.00. The van der Waals surface area contributed by atoms with Crippen molar-refractivity contribution in [3.63, 3.8) is 0 Å². The van der Waals surface area contributed by atoms with Crippen LogP contribution in [0.1, 0.15) is 39.0 Å². The summed E-state index contributed by atoms with van der Waals surface area (Å²) in [6.45, 7) is 4.97. The number of likely N-dealkylation sites (tertiary alicyclic amines) is 1. The lowest BCUT2D eigenvalue weighted by Gasteiger charge is -2.35. The third-order valence-corrected chi connectivity index (χ3v) is 3.70. The molecule has 0 aliphatic carbocycles. The highest BCUT2D eigenvalue weighted by molar-refractivity contribution is 4.86. The molecule has 0 radical (unpaired) electrons. The highest BCUT2D eigenvalue weighted by atomic mass is 16.5. The zero-order chi connectivity index (χ0) is 10.7. The molecule has 15 heavy (non-hydrogen) atoms. The molecular weight excluding hydrogens is 190 g/mol. The normalized spacial score (nSPS) is 32.0. The molecule has 2 aliphatic rings. The van der Waals surface area contributed by atoms with Gasteiger partial charge in [0.05, 0.1) is 6.10 Å². The van der Waals surface area contributed by atoms with Crippen molar-refractivity contribution in [2.24, 2.45) is 0 Å². The predicted molar refractivity (Wildman–Crippen MR) is 59.9 cm³/mol. The van der Waals surface area contributed by atoms with Crippen LogP contribution in [0.25, 0.3) is 0 Å². The molecule has 2 fully saturated rings. The van der Waals surface area contributed by atoms with Gasteiger partial charge in [-0.2, -0.15) is 0 Å². The molecule has 0 aromatic carbocycles. The summed E-state index contributed by atoms with van der Waals surface area (Å²) in [5.41, 5.74) is 0. The highest BCUT2D eigenvalue weighted by Crippen LogP contribution is 2.27. The Balaban J connectivity index is 1.88. The van der Waals surface area contributed by atoms with Crippen molar-refractivity contribution in [2.45, 2.75) is 57.2 Å². The third-order valence-electron chi connectivity index (χ3n) is 3.70. The molecule has 88 valence electrons. The van der Waals surface area contributed by atoms with E-state index in [1.54, 1.807) is 0 Å². The second kappa shape index (κ2) is 5.28. The first-order valence-electron chi connectivity index (χ1n) is 6.29. The standard InChI is InChI=1S/C12H23NO2/c1-10(14)9-12-3-2-6-13(12)11-4-7-15-8-5-11/h10-12,14H,2-9H2,1H3. The molecule has 2 unspecified atom stereocenters. The minimum Gasteiger partial charge on any atom is -0.393 e. The topological polar surface area (TPSA) is 32.7 Å². The van der Waals surface area contributed by atoms with Crippen molar-refractivity contribution in [2.75, 3.05) is 19.8 Å². The first-order chi connectivity index (χ1) is 7.27. The Morgan fingerprint density at radius 2 is 2.07 bits per heavy atom. The van der Waals surface area contributed by atoms with Crippen LogP contribution in [0, 0.1) is 0 Å². The van der Waals surface area contributed by atoms with Crippen LogP contribution in [0.3, 0.4) is 0 Å². The minimum atomic E-state index is -0.157. The van der Waals surface area contributed by atoms with E-state index in [0.717, 1.165) is 19.6 Å². The van der Waals surface area contributed by atoms with Gasteiger partial charge < -0.3 is 9.84 Å². The zero-order valence-electron chi connectivity index (χ0n) is 9.69. The van der Waals surface area contributed by atoms with E-state index in [-0.39, 0.29) is 6.10 Å². The van der Waals surface area contributed by atoms with E-state index in [1.807, 2.05) is 6.92 Å². The maximum Gasteiger partial charge on any atom is 0.0527 e. The lowest BCUT2D eigenvalue weighted by Crippen LogP contribution is -2.43. The Morgan fingerprint density at radius 1 is 1.33 bits per heavy atom. The van der Waals surface area contributed by atoms with Crippen molar-refractivity contribution in [3.8, 4) is 0 Å². The summed E-state index contributed by atoms with van der Waals surface area (Å²) in [4.78, 5) is 2.62. The quantitative estimate of drug-likeness (QED) is 0.769. The molecule has 3 heteroatoms. The molecule has 2 aliphatic heterocycles. The molecule has 2 rings (SSSR count). The highest BCUT2D eigenvalue weighted by Gasteiger charge is 2.31. The second-order valence-corrected chi connectivity index (χ2v) is 4.96. The molecule has 0 amide bonds. The van der Waals surface area contributed by atoms with Crippen LogP contribution in [-0.4, -0.2) is 48.0 Å². The minimum absolute atomic E-state index is 0.157. The SMILES string of the molecule is CC(O)CC1CCCN1C1CCOCC1. The van der Waals surface area contributed by atoms with Gasteiger partial charge in [-0.15, -0.1) is 0 Å². The van der Waals surface area contributed by atoms with Crippen LogP contribution < -0.4 is 0 Å². The van der Waals surface area contributed by atoms with E-state index in [4.69, 9.17) is 4.74 Å². The molecular formula is C12H23NO2. The van der Waals surface area contributed by atoms with Crippen molar-refractivity contribution in [1.29, 1.82) is 0 Å².